The fraction of sp³-hybridized carbons (Fsp3) is 0.118. The van der Waals surface area contributed by atoms with Crippen LogP contribution in [-0.4, -0.2) is 14.2 Å². The van der Waals surface area contributed by atoms with E-state index in [-0.39, 0.29) is 5.56 Å². The molecule has 2 aromatic carbocycles. The Balaban J connectivity index is 1.96. The molecule has 0 unspecified atom stereocenters. The molecule has 1 aliphatic heterocycles. The Labute approximate surface area is 152 Å². The highest BCUT2D eigenvalue weighted by atomic mass is 32.2. The largest absolute Gasteiger partial charge is 0.460 e. The number of hydrogen-bond acceptors (Lipinski definition) is 6. The van der Waals surface area contributed by atoms with E-state index in [1.54, 1.807) is 0 Å². The van der Waals surface area contributed by atoms with Crippen LogP contribution in [0, 0.1) is 11.6 Å². The van der Waals surface area contributed by atoms with Gasteiger partial charge in [0, 0.05) is 11.6 Å². The van der Waals surface area contributed by atoms with Crippen molar-refractivity contribution in [2.75, 3.05) is 0 Å². The maximum Gasteiger partial charge on any atom is 0.313 e. The predicted molar refractivity (Wildman–Crippen MR) is 86.6 cm³/mol. The van der Waals surface area contributed by atoms with Gasteiger partial charge in [0.05, 0.1) is 4.11 Å². The summed E-state index contributed by atoms with van der Waals surface area (Å²) < 4.78 is 85.4. The molecule has 1 atom stereocenters. The van der Waals surface area contributed by atoms with Crippen molar-refractivity contribution < 1.29 is 35.0 Å². The molecular formula is C17H13F2NO5S. The lowest BCUT2D eigenvalue weighted by molar-refractivity contribution is -0.123. The molecule has 0 saturated heterocycles. The maximum absolute atomic E-state index is 14.1. The van der Waals surface area contributed by atoms with Crippen LogP contribution in [0.5, 0.6) is 0 Å². The lowest BCUT2D eigenvalue weighted by Gasteiger charge is -2.11. The first-order valence-corrected chi connectivity index (χ1v) is 8.49. The van der Waals surface area contributed by atoms with Crippen molar-refractivity contribution in [2.24, 2.45) is 5.73 Å². The summed E-state index contributed by atoms with van der Waals surface area (Å²) in [6.45, 7) is 0. The normalized spacial score (nSPS) is 22.4. The van der Waals surface area contributed by atoms with Gasteiger partial charge in [0.25, 0.3) is 0 Å². The van der Waals surface area contributed by atoms with Crippen molar-refractivity contribution in [3.8, 4) is 0 Å². The average molecular weight is 384 g/mol. The van der Waals surface area contributed by atoms with E-state index < -0.39 is 56.5 Å². The number of ether oxygens (including phenoxy) is 1. The Hall–Kier alpha value is -2.94. The summed E-state index contributed by atoms with van der Waals surface area (Å²) in [6, 6.07) is 8.64. The molecule has 1 aliphatic rings. The second kappa shape index (κ2) is 6.75. The Morgan fingerprint density at radius 1 is 1.23 bits per heavy atom. The SMILES string of the molecule is [2H]C([2H])(c1ccccc1)S(=O)(=O)OC1=C(N)O[C@@]([2H])(c2ccc(F)cc2F)C1=O. The molecule has 0 spiro atoms. The summed E-state index contributed by atoms with van der Waals surface area (Å²) in [5, 5.41) is 0. The molecule has 0 aromatic heterocycles. The minimum atomic E-state index is -5.15. The van der Waals surface area contributed by atoms with Crippen LogP contribution in [-0.2, 0) is 29.5 Å². The minimum Gasteiger partial charge on any atom is -0.460 e. The van der Waals surface area contributed by atoms with Gasteiger partial charge in [0.1, 0.15) is 17.3 Å². The molecule has 6 nitrogen and oxygen atoms in total. The average Bonchev–Trinajstić information content (AvgIpc) is 2.85. The van der Waals surface area contributed by atoms with Crippen LogP contribution in [0.15, 0.2) is 60.2 Å². The van der Waals surface area contributed by atoms with Gasteiger partial charge in [-0.3, -0.25) is 4.79 Å². The zero-order valence-electron chi connectivity index (χ0n) is 15.9. The van der Waals surface area contributed by atoms with Gasteiger partial charge in [0.15, 0.2) is 6.08 Å². The van der Waals surface area contributed by atoms with Crippen molar-refractivity contribution in [1.29, 1.82) is 0 Å². The molecule has 2 aromatic rings. The molecule has 0 bridgehead atoms. The Morgan fingerprint density at radius 3 is 2.58 bits per heavy atom. The zero-order chi connectivity index (χ0) is 21.6. The standard InChI is InChI=1S/C17H13F2NO5S/c18-11-6-7-12(13(19)8-11)15-14(21)16(17(20)24-15)25-26(22,23)9-10-4-2-1-3-5-10/h1-8,15H,9,20H2/t15-/m0/s1/i9D2,15D. The number of carbonyl (C=O) groups is 1. The van der Waals surface area contributed by atoms with Crippen LogP contribution in [0.4, 0.5) is 8.78 Å². The first-order valence-electron chi connectivity index (χ1n) is 8.59. The summed E-state index contributed by atoms with van der Waals surface area (Å²) >= 11 is 0. The van der Waals surface area contributed by atoms with E-state index in [4.69, 9.17) is 14.6 Å². The van der Waals surface area contributed by atoms with E-state index in [1.807, 2.05) is 0 Å². The minimum absolute atomic E-state index is 0.285. The van der Waals surface area contributed by atoms with Crippen LogP contribution in [0.1, 0.15) is 21.3 Å². The summed E-state index contributed by atoms with van der Waals surface area (Å²) in [7, 11) is -5.15. The highest BCUT2D eigenvalue weighted by molar-refractivity contribution is 7.86. The summed E-state index contributed by atoms with van der Waals surface area (Å²) in [4.78, 5) is 12.6. The molecule has 3 rings (SSSR count). The topological polar surface area (TPSA) is 95.7 Å². The van der Waals surface area contributed by atoms with E-state index in [0.717, 1.165) is 12.1 Å². The molecule has 136 valence electrons. The number of halogens is 2. The first-order chi connectivity index (χ1) is 13.4. The molecule has 0 amide bonds. The molecule has 2 N–H and O–H groups in total. The van der Waals surface area contributed by atoms with E-state index in [0.29, 0.717) is 6.07 Å². The molecule has 1 heterocycles. The van der Waals surface area contributed by atoms with Gasteiger partial charge in [-0.1, -0.05) is 30.3 Å². The Kier molecular flexibility index (Phi) is 3.70. The second-order valence-corrected chi connectivity index (χ2v) is 6.36. The zero-order valence-corrected chi connectivity index (χ0v) is 13.7. The summed E-state index contributed by atoms with van der Waals surface area (Å²) in [5.41, 5.74) is 1.36. The molecule has 0 aliphatic carbocycles. The van der Waals surface area contributed by atoms with Crippen molar-refractivity contribution >= 4 is 15.9 Å². The number of benzene rings is 2. The Morgan fingerprint density at radius 2 is 1.92 bits per heavy atom. The quantitative estimate of drug-likeness (QED) is 0.795. The third-order valence-electron chi connectivity index (χ3n) is 3.23. The van der Waals surface area contributed by atoms with Gasteiger partial charge in [0.2, 0.25) is 17.4 Å². The van der Waals surface area contributed by atoms with Gasteiger partial charge in [-0.2, -0.15) is 8.42 Å². The van der Waals surface area contributed by atoms with Crippen LogP contribution < -0.4 is 5.73 Å². The van der Waals surface area contributed by atoms with Crippen molar-refractivity contribution in [3.63, 3.8) is 0 Å². The monoisotopic (exact) mass is 384 g/mol. The smallest absolute Gasteiger partial charge is 0.313 e. The van der Waals surface area contributed by atoms with Crippen LogP contribution in [0.3, 0.4) is 0 Å². The van der Waals surface area contributed by atoms with E-state index in [2.05, 4.69) is 4.18 Å². The molecule has 0 fully saturated rings. The lowest BCUT2D eigenvalue weighted by Crippen LogP contribution is -2.17. The molecule has 26 heavy (non-hydrogen) atoms. The summed E-state index contributed by atoms with van der Waals surface area (Å²) in [6.07, 6.45) is -2.87. The van der Waals surface area contributed by atoms with Crippen LogP contribution in [0.25, 0.3) is 0 Å². The van der Waals surface area contributed by atoms with Crippen molar-refractivity contribution in [2.45, 2.75) is 11.8 Å². The van der Waals surface area contributed by atoms with E-state index >= 15 is 0 Å². The van der Waals surface area contributed by atoms with Gasteiger partial charge in [-0.25, -0.2) is 8.78 Å². The summed E-state index contributed by atoms with van der Waals surface area (Å²) in [5.74, 6) is -5.90. The van der Waals surface area contributed by atoms with Gasteiger partial charge in [-0.05, 0) is 17.7 Å². The van der Waals surface area contributed by atoms with Gasteiger partial charge < -0.3 is 14.7 Å². The number of ketones is 1. The number of nitrogens with two attached hydrogens (primary N) is 1. The molecule has 9 heteroatoms. The highest BCUT2D eigenvalue weighted by Crippen LogP contribution is 2.34. The van der Waals surface area contributed by atoms with Crippen molar-refractivity contribution in [1.82, 2.24) is 0 Å². The maximum atomic E-state index is 14.1. The molecule has 0 radical (unpaired) electrons. The number of rotatable bonds is 5. The van der Waals surface area contributed by atoms with E-state index in [1.165, 1.54) is 30.3 Å². The van der Waals surface area contributed by atoms with Gasteiger partial charge >= 0.3 is 10.1 Å². The Bertz CT molecular complexity index is 1130. The highest BCUT2D eigenvalue weighted by Gasteiger charge is 2.40. The third kappa shape index (κ3) is 3.67. The third-order valence-corrected chi connectivity index (χ3v) is 4.11. The van der Waals surface area contributed by atoms with Crippen molar-refractivity contribution in [3.05, 3.63) is 82.9 Å². The first kappa shape index (κ1) is 14.3. The fourth-order valence-electron chi connectivity index (χ4n) is 2.13. The number of hydrogen-bond donors (Lipinski definition) is 1. The van der Waals surface area contributed by atoms with Crippen LogP contribution in [0.2, 0.25) is 0 Å². The number of carbonyl (C=O) groups excluding carboxylic acids is 1. The van der Waals surface area contributed by atoms with Gasteiger partial charge in [-0.15, -0.1) is 0 Å². The predicted octanol–water partition coefficient (Wildman–Crippen LogP) is 2.28. The van der Waals surface area contributed by atoms with E-state index in [9.17, 15) is 22.0 Å². The van der Waals surface area contributed by atoms with Crippen LogP contribution >= 0.6 is 0 Å². The fourth-order valence-corrected chi connectivity index (χ4v) is 2.97. The second-order valence-electron chi connectivity index (χ2n) is 5.08. The molecule has 0 saturated carbocycles. The number of Topliss-reactive ketones (excluding diaryl/α,β-unsaturated/α-hetero) is 1. The lowest BCUT2D eigenvalue weighted by atomic mass is 10.1. The molecular weight excluding hydrogens is 368 g/mol.